The Balaban J connectivity index is 1.82. The molecule has 1 heterocycles. The summed E-state index contributed by atoms with van der Waals surface area (Å²) in [6.07, 6.45) is 3.93. The van der Waals surface area contributed by atoms with Gasteiger partial charge in [-0.05, 0) is 47.1 Å². The number of nitrogens with one attached hydrogen (secondary N) is 1. The van der Waals surface area contributed by atoms with Crippen molar-refractivity contribution in [3.8, 4) is 11.1 Å². The summed E-state index contributed by atoms with van der Waals surface area (Å²) in [4.78, 5) is 11.8. The molecule has 1 amide bonds. The minimum Gasteiger partial charge on any atom is -0.348 e. The fourth-order valence-corrected chi connectivity index (χ4v) is 3.22. The first-order chi connectivity index (χ1) is 9.83. The predicted molar refractivity (Wildman–Crippen MR) is 79.6 cm³/mol. The van der Waals surface area contributed by atoms with E-state index in [9.17, 15) is 4.79 Å². The van der Waals surface area contributed by atoms with E-state index < -0.39 is 0 Å². The highest BCUT2D eigenvalue weighted by Crippen LogP contribution is 2.41. The molecule has 100 valence electrons. The van der Waals surface area contributed by atoms with Gasteiger partial charge in [-0.25, -0.2) is 0 Å². The number of benzene rings is 2. The zero-order chi connectivity index (χ0) is 13.5. The normalized spacial score (nSPS) is 17.5. The second-order valence-electron chi connectivity index (χ2n) is 5.77. The molecule has 2 aromatic rings. The molecule has 2 aromatic carbocycles. The van der Waals surface area contributed by atoms with Gasteiger partial charge < -0.3 is 5.32 Å². The quantitative estimate of drug-likeness (QED) is 0.875. The first kappa shape index (κ1) is 11.7. The van der Waals surface area contributed by atoms with Crippen molar-refractivity contribution < 1.29 is 4.79 Å². The third-order valence-electron chi connectivity index (χ3n) is 4.61. The van der Waals surface area contributed by atoms with Gasteiger partial charge in [0.05, 0.1) is 0 Å². The molecule has 2 heteroatoms. The molecule has 0 spiro atoms. The van der Waals surface area contributed by atoms with E-state index in [1.165, 1.54) is 36.0 Å². The van der Waals surface area contributed by atoms with E-state index in [4.69, 9.17) is 0 Å². The lowest BCUT2D eigenvalue weighted by Gasteiger charge is -2.28. The van der Waals surface area contributed by atoms with Crippen LogP contribution in [-0.4, -0.2) is 5.91 Å². The fraction of sp³-hybridized carbons (Fsp3) is 0.278. The van der Waals surface area contributed by atoms with Gasteiger partial charge in [-0.2, -0.15) is 0 Å². The molecule has 0 radical (unpaired) electrons. The van der Waals surface area contributed by atoms with E-state index in [2.05, 4.69) is 47.8 Å². The van der Waals surface area contributed by atoms with Crippen LogP contribution in [0, 0.1) is 0 Å². The number of carbonyl (C=O) groups is 1. The largest absolute Gasteiger partial charge is 0.348 e. The summed E-state index contributed by atoms with van der Waals surface area (Å²) in [6, 6.07) is 14.9. The van der Waals surface area contributed by atoms with Crippen LogP contribution in [0.3, 0.4) is 0 Å². The molecule has 4 rings (SSSR count). The Labute approximate surface area is 118 Å². The van der Waals surface area contributed by atoms with E-state index in [1.807, 2.05) is 0 Å². The first-order valence-corrected chi connectivity index (χ1v) is 7.33. The van der Waals surface area contributed by atoms with Gasteiger partial charge in [-0.15, -0.1) is 0 Å². The minimum atomic E-state index is 0.0583. The Hall–Kier alpha value is -2.09. The zero-order valence-electron chi connectivity index (χ0n) is 11.4. The molecule has 0 atom stereocenters. The van der Waals surface area contributed by atoms with Gasteiger partial charge in [0.15, 0.2) is 0 Å². The van der Waals surface area contributed by atoms with Gasteiger partial charge in [-0.1, -0.05) is 42.8 Å². The maximum absolute atomic E-state index is 11.8. The van der Waals surface area contributed by atoms with Gasteiger partial charge in [0.2, 0.25) is 0 Å². The summed E-state index contributed by atoms with van der Waals surface area (Å²) in [5, 5.41) is 2.88. The van der Waals surface area contributed by atoms with Crippen molar-refractivity contribution in [2.24, 2.45) is 0 Å². The Morgan fingerprint density at radius 1 is 1.00 bits per heavy atom. The van der Waals surface area contributed by atoms with E-state index in [-0.39, 0.29) is 5.91 Å². The van der Waals surface area contributed by atoms with Crippen LogP contribution < -0.4 is 5.32 Å². The number of amides is 1. The Kier molecular flexibility index (Phi) is 2.62. The highest BCUT2D eigenvalue weighted by Gasteiger charge is 2.24. The van der Waals surface area contributed by atoms with Crippen LogP contribution in [0.1, 0.15) is 46.7 Å². The second-order valence-corrected chi connectivity index (χ2v) is 5.77. The van der Waals surface area contributed by atoms with Crippen LogP contribution in [0.15, 0.2) is 42.5 Å². The molecule has 0 bridgehead atoms. The van der Waals surface area contributed by atoms with Crippen molar-refractivity contribution in [3.05, 3.63) is 59.2 Å². The van der Waals surface area contributed by atoms with E-state index in [1.54, 1.807) is 0 Å². The molecule has 1 saturated carbocycles. The molecular weight excluding hydrogens is 246 g/mol. The molecular formula is C18H17NO. The van der Waals surface area contributed by atoms with Crippen LogP contribution in [0.4, 0.5) is 0 Å². The van der Waals surface area contributed by atoms with E-state index >= 15 is 0 Å². The molecule has 1 aliphatic carbocycles. The van der Waals surface area contributed by atoms with Crippen LogP contribution in [0.5, 0.6) is 0 Å². The number of hydrogen-bond acceptors (Lipinski definition) is 1. The number of carbonyl (C=O) groups excluding carboxylic acids is 1. The third kappa shape index (κ3) is 1.75. The summed E-state index contributed by atoms with van der Waals surface area (Å²) < 4.78 is 0. The monoisotopic (exact) mass is 263 g/mol. The molecule has 0 unspecified atom stereocenters. The number of hydrogen-bond donors (Lipinski definition) is 1. The average molecular weight is 263 g/mol. The molecule has 0 saturated heterocycles. The first-order valence-electron chi connectivity index (χ1n) is 7.33. The lowest BCUT2D eigenvalue weighted by molar-refractivity contribution is 0.0966. The molecule has 2 aliphatic rings. The molecule has 1 aliphatic heterocycles. The Bertz CT molecular complexity index is 686. The van der Waals surface area contributed by atoms with Crippen LogP contribution in [0.25, 0.3) is 11.1 Å². The average Bonchev–Trinajstić information content (AvgIpc) is 2.79. The minimum absolute atomic E-state index is 0.0583. The molecule has 1 fully saturated rings. The summed E-state index contributed by atoms with van der Waals surface area (Å²) >= 11 is 0. The van der Waals surface area contributed by atoms with Crippen molar-refractivity contribution in [3.63, 3.8) is 0 Å². The maximum Gasteiger partial charge on any atom is 0.251 e. The summed E-state index contributed by atoms with van der Waals surface area (Å²) in [6.45, 7) is 0.665. The maximum atomic E-state index is 11.8. The summed E-state index contributed by atoms with van der Waals surface area (Å²) in [5.74, 6) is 0.760. The molecule has 20 heavy (non-hydrogen) atoms. The van der Waals surface area contributed by atoms with Gasteiger partial charge in [0.25, 0.3) is 5.91 Å². The number of rotatable bonds is 2. The lowest BCUT2D eigenvalue weighted by Crippen LogP contribution is -2.12. The number of fused-ring (bicyclic) bond motifs is 1. The summed E-state index contributed by atoms with van der Waals surface area (Å²) in [7, 11) is 0. The molecule has 1 N–H and O–H groups in total. The summed E-state index contributed by atoms with van der Waals surface area (Å²) in [5.41, 5.74) is 5.85. The van der Waals surface area contributed by atoms with Gasteiger partial charge in [0.1, 0.15) is 0 Å². The van der Waals surface area contributed by atoms with Crippen LogP contribution >= 0.6 is 0 Å². The second kappa shape index (κ2) is 4.48. The van der Waals surface area contributed by atoms with Crippen molar-refractivity contribution in [2.45, 2.75) is 31.7 Å². The molecule has 0 aromatic heterocycles. The fourth-order valence-electron chi connectivity index (χ4n) is 3.22. The molecule has 2 nitrogen and oxygen atoms in total. The lowest BCUT2D eigenvalue weighted by atomic mass is 9.77. The topological polar surface area (TPSA) is 29.1 Å². The SMILES string of the molecule is O=C1NCc2ccc(-c3ccccc3C3CCC3)cc21. The third-order valence-corrected chi connectivity index (χ3v) is 4.61. The van der Waals surface area contributed by atoms with Gasteiger partial charge in [-0.3, -0.25) is 4.79 Å². The van der Waals surface area contributed by atoms with Crippen LogP contribution in [-0.2, 0) is 6.54 Å². The van der Waals surface area contributed by atoms with Gasteiger partial charge in [0, 0.05) is 12.1 Å². The van der Waals surface area contributed by atoms with Crippen molar-refractivity contribution in [2.75, 3.05) is 0 Å². The van der Waals surface area contributed by atoms with Crippen molar-refractivity contribution >= 4 is 5.91 Å². The van der Waals surface area contributed by atoms with Gasteiger partial charge >= 0.3 is 0 Å². The van der Waals surface area contributed by atoms with Crippen molar-refractivity contribution in [1.82, 2.24) is 5.32 Å². The standard InChI is InChI=1S/C18H17NO/c20-18-17-10-13(8-9-14(17)11-19-18)16-7-2-1-6-15(16)12-4-3-5-12/h1-2,6-10,12H,3-5,11H2,(H,19,20). The predicted octanol–water partition coefficient (Wildman–Crippen LogP) is 3.86. The van der Waals surface area contributed by atoms with Crippen molar-refractivity contribution in [1.29, 1.82) is 0 Å². The highest BCUT2D eigenvalue weighted by atomic mass is 16.1. The van der Waals surface area contributed by atoms with E-state index in [0.29, 0.717) is 12.5 Å². The zero-order valence-corrected chi connectivity index (χ0v) is 11.4. The Morgan fingerprint density at radius 2 is 1.85 bits per heavy atom. The smallest absolute Gasteiger partial charge is 0.251 e. The van der Waals surface area contributed by atoms with E-state index in [0.717, 1.165) is 11.1 Å². The Morgan fingerprint density at radius 3 is 2.65 bits per heavy atom. The van der Waals surface area contributed by atoms with Crippen LogP contribution in [0.2, 0.25) is 0 Å². The highest BCUT2D eigenvalue weighted by molar-refractivity contribution is 5.99.